The van der Waals surface area contributed by atoms with E-state index in [0.717, 1.165) is 0 Å². The minimum Gasteiger partial charge on any atom is -0.463 e. The summed E-state index contributed by atoms with van der Waals surface area (Å²) in [5.41, 5.74) is 0. The molecule has 0 spiro atoms. The molecule has 0 unspecified atom stereocenters. The summed E-state index contributed by atoms with van der Waals surface area (Å²) in [4.78, 5) is 7.77. The lowest BCUT2D eigenvalue weighted by Crippen LogP contribution is -1.74. The molecule has 0 aliphatic rings. The van der Waals surface area contributed by atoms with E-state index >= 15 is 0 Å². The lowest BCUT2D eigenvalue weighted by Gasteiger charge is -1.81. The van der Waals surface area contributed by atoms with Crippen molar-refractivity contribution in [1.82, 2.24) is 15.2 Å². The molecule has 0 fully saturated rings. The van der Waals surface area contributed by atoms with E-state index in [4.69, 9.17) is 4.42 Å². The third-order valence-corrected chi connectivity index (χ3v) is 1.26. The van der Waals surface area contributed by atoms with Crippen molar-refractivity contribution in [3.05, 3.63) is 30.5 Å². The van der Waals surface area contributed by atoms with Gasteiger partial charge in [-0.15, -0.1) is 0 Å². The highest BCUT2D eigenvalue weighted by atomic mass is 16.3. The van der Waals surface area contributed by atoms with E-state index in [2.05, 4.69) is 20.2 Å². The van der Waals surface area contributed by atoms with Crippen LogP contribution in [-0.4, -0.2) is 21.4 Å². The van der Waals surface area contributed by atoms with E-state index in [0.29, 0.717) is 11.7 Å². The third-order valence-electron chi connectivity index (χ3n) is 1.26. The maximum atomic E-state index is 5.02. The van der Waals surface area contributed by atoms with Crippen LogP contribution in [0.3, 0.4) is 0 Å². The lowest BCUT2D eigenvalue weighted by molar-refractivity contribution is 0.560. The fraction of sp³-hybridized carbons (Fsp3) is 0. The van der Waals surface area contributed by atoms with Gasteiger partial charge < -0.3 is 4.42 Å². The molecule has 0 bridgehead atoms. The van der Waals surface area contributed by atoms with Gasteiger partial charge in [-0.25, -0.2) is 10.1 Å². The molecular formula is C7H6N4O. The molecule has 2 aromatic heterocycles. The Morgan fingerprint density at radius 2 is 2.58 bits per heavy atom. The zero-order valence-electron chi connectivity index (χ0n) is 6.14. The SMILES string of the molecule is C(=N\c1ncn[nH]1)/c1ccco1. The average molecular weight is 162 g/mol. The van der Waals surface area contributed by atoms with Gasteiger partial charge in [0.05, 0.1) is 12.5 Å². The summed E-state index contributed by atoms with van der Waals surface area (Å²) in [7, 11) is 0. The van der Waals surface area contributed by atoms with Crippen LogP contribution in [0.5, 0.6) is 0 Å². The summed E-state index contributed by atoms with van der Waals surface area (Å²) in [6.07, 6.45) is 4.55. The Morgan fingerprint density at radius 1 is 1.58 bits per heavy atom. The van der Waals surface area contributed by atoms with Crippen LogP contribution in [0.4, 0.5) is 5.95 Å². The molecule has 0 saturated heterocycles. The Labute approximate surface area is 68.2 Å². The second kappa shape index (κ2) is 3.00. The quantitative estimate of drug-likeness (QED) is 0.673. The Morgan fingerprint density at radius 3 is 3.25 bits per heavy atom. The first-order chi connectivity index (χ1) is 5.95. The summed E-state index contributed by atoms with van der Waals surface area (Å²) >= 11 is 0. The molecule has 0 aliphatic carbocycles. The van der Waals surface area contributed by atoms with Gasteiger partial charge in [-0.2, -0.15) is 10.1 Å². The molecule has 0 aliphatic heterocycles. The van der Waals surface area contributed by atoms with Gasteiger partial charge in [-0.1, -0.05) is 0 Å². The summed E-state index contributed by atoms with van der Waals surface area (Å²) in [6, 6.07) is 3.60. The first-order valence-corrected chi connectivity index (χ1v) is 3.38. The van der Waals surface area contributed by atoms with E-state index < -0.39 is 0 Å². The minimum atomic E-state index is 0.464. The molecule has 1 N–H and O–H groups in total. The monoisotopic (exact) mass is 162 g/mol. The topological polar surface area (TPSA) is 67.1 Å². The first-order valence-electron chi connectivity index (χ1n) is 3.38. The predicted molar refractivity (Wildman–Crippen MR) is 42.3 cm³/mol. The van der Waals surface area contributed by atoms with Gasteiger partial charge >= 0.3 is 0 Å². The molecule has 5 nitrogen and oxygen atoms in total. The van der Waals surface area contributed by atoms with Crippen LogP contribution in [0.1, 0.15) is 5.76 Å². The normalized spacial score (nSPS) is 11.0. The first kappa shape index (κ1) is 6.78. The number of aromatic amines is 1. The Balaban J connectivity index is 2.14. The van der Waals surface area contributed by atoms with Crippen molar-refractivity contribution in [1.29, 1.82) is 0 Å². The standard InChI is InChI=1S/C7H6N4O/c1-2-6(12-3-1)4-8-7-9-5-10-11-7/h1-5H,(H,9,10,11)/b8-4+. The smallest absolute Gasteiger partial charge is 0.245 e. The number of nitrogens with zero attached hydrogens (tertiary/aromatic N) is 3. The maximum absolute atomic E-state index is 5.02. The molecule has 2 aromatic rings. The van der Waals surface area contributed by atoms with Crippen molar-refractivity contribution in [2.24, 2.45) is 4.99 Å². The molecule has 12 heavy (non-hydrogen) atoms. The van der Waals surface area contributed by atoms with Crippen LogP contribution in [0.2, 0.25) is 0 Å². The van der Waals surface area contributed by atoms with Crippen molar-refractivity contribution >= 4 is 12.2 Å². The number of aliphatic imine (C=N–C) groups is 1. The van der Waals surface area contributed by atoms with E-state index in [1.54, 1.807) is 24.6 Å². The molecule has 0 amide bonds. The molecule has 0 radical (unpaired) electrons. The van der Waals surface area contributed by atoms with Crippen molar-refractivity contribution in [3.8, 4) is 0 Å². The molecule has 2 heterocycles. The van der Waals surface area contributed by atoms with Crippen LogP contribution in [0.15, 0.2) is 34.1 Å². The van der Waals surface area contributed by atoms with Crippen LogP contribution in [-0.2, 0) is 0 Å². The number of aromatic nitrogens is 3. The van der Waals surface area contributed by atoms with Crippen LogP contribution < -0.4 is 0 Å². The molecule has 2 rings (SSSR count). The summed E-state index contributed by atoms with van der Waals surface area (Å²) in [5.74, 6) is 1.15. The van der Waals surface area contributed by atoms with Crippen molar-refractivity contribution in [3.63, 3.8) is 0 Å². The van der Waals surface area contributed by atoms with Crippen molar-refractivity contribution < 1.29 is 4.42 Å². The van der Waals surface area contributed by atoms with Crippen LogP contribution >= 0.6 is 0 Å². The van der Waals surface area contributed by atoms with E-state index in [1.165, 1.54) is 6.33 Å². The molecule has 0 aromatic carbocycles. The molecular weight excluding hydrogens is 156 g/mol. The van der Waals surface area contributed by atoms with Crippen molar-refractivity contribution in [2.75, 3.05) is 0 Å². The molecule has 0 atom stereocenters. The predicted octanol–water partition coefficient (Wildman–Crippen LogP) is 1.15. The van der Waals surface area contributed by atoms with Gasteiger partial charge in [0.15, 0.2) is 0 Å². The van der Waals surface area contributed by atoms with Gasteiger partial charge in [-0.05, 0) is 12.1 Å². The van der Waals surface area contributed by atoms with Gasteiger partial charge in [0, 0.05) is 0 Å². The number of hydrogen-bond donors (Lipinski definition) is 1. The van der Waals surface area contributed by atoms with E-state index in [-0.39, 0.29) is 0 Å². The summed E-state index contributed by atoms with van der Waals surface area (Å²) in [5, 5.41) is 6.24. The Kier molecular flexibility index (Phi) is 1.69. The average Bonchev–Trinajstić information content (AvgIpc) is 2.74. The molecule has 60 valence electrons. The number of nitrogens with one attached hydrogen (secondary N) is 1. The van der Waals surface area contributed by atoms with Crippen LogP contribution in [0.25, 0.3) is 0 Å². The largest absolute Gasteiger partial charge is 0.463 e. The molecule has 0 saturated carbocycles. The second-order valence-electron chi connectivity index (χ2n) is 2.08. The van der Waals surface area contributed by atoms with Gasteiger partial charge in [0.1, 0.15) is 12.1 Å². The zero-order chi connectivity index (χ0) is 8.23. The lowest BCUT2D eigenvalue weighted by atomic mass is 10.5. The zero-order valence-corrected chi connectivity index (χ0v) is 6.14. The second-order valence-corrected chi connectivity index (χ2v) is 2.08. The number of furan rings is 1. The van der Waals surface area contributed by atoms with Gasteiger partial charge in [0.2, 0.25) is 5.95 Å². The number of hydrogen-bond acceptors (Lipinski definition) is 4. The van der Waals surface area contributed by atoms with Crippen LogP contribution in [0, 0.1) is 0 Å². The Bertz CT molecular complexity index is 312. The van der Waals surface area contributed by atoms with Crippen molar-refractivity contribution in [2.45, 2.75) is 0 Å². The fourth-order valence-electron chi connectivity index (χ4n) is 0.751. The minimum absolute atomic E-state index is 0.464. The highest BCUT2D eigenvalue weighted by molar-refractivity contribution is 5.77. The van der Waals surface area contributed by atoms with E-state index in [9.17, 15) is 0 Å². The van der Waals surface area contributed by atoms with Gasteiger partial charge in [-0.3, -0.25) is 0 Å². The third kappa shape index (κ3) is 1.39. The van der Waals surface area contributed by atoms with Gasteiger partial charge in [0.25, 0.3) is 0 Å². The number of H-pyrrole nitrogens is 1. The summed E-state index contributed by atoms with van der Waals surface area (Å²) < 4.78 is 5.02. The fourth-order valence-corrected chi connectivity index (χ4v) is 0.751. The number of rotatable bonds is 2. The van der Waals surface area contributed by atoms with E-state index in [1.807, 2.05) is 0 Å². The molecule has 5 heteroatoms. The summed E-state index contributed by atoms with van der Waals surface area (Å²) in [6.45, 7) is 0. The highest BCUT2D eigenvalue weighted by Gasteiger charge is 1.90. The Hall–Kier alpha value is -1.91. The maximum Gasteiger partial charge on any atom is 0.245 e. The highest BCUT2D eigenvalue weighted by Crippen LogP contribution is 2.00.